The van der Waals surface area contributed by atoms with Crippen molar-refractivity contribution in [1.29, 1.82) is 0 Å². The number of aromatic nitrogens is 4. The van der Waals surface area contributed by atoms with Gasteiger partial charge in [0, 0.05) is 37.4 Å². The molecule has 4 aromatic rings. The van der Waals surface area contributed by atoms with E-state index in [0.717, 1.165) is 17.5 Å². The Labute approximate surface area is 217 Å². The molecule has 0 radical (unpaired) electrons. The van der Waals surface area contributed by atoms with Crippen LogP contribution in [0.25, 0.3) is 32.8 Å². The van der Waals surface area contributed by atoms with E-state index in [1.54, 1.807) is 34.6 Å². The van der Waals surface area contributed by atoms with Gasteiger partial charge >= 0.3 is 0 Å². The summed E-state index contributed by atoms with van der Waals surface area (Å²) < 4.78 is 32.2. The van der Waals surface area contributed by atoms with E-state index in [-0.39, 0.29) is 39.6 Å². The monoisotopic (exact) mass is 523 g/mol. The second kappa shape index (κ2) is 9.57. The average molecular weight is 524 g/mol. The third kappa shape index (κ3) is 4.24. The number of fused-ring (bicyclic) bond motifs is 1. The molecular formula is C26H24ClF2N7O. The van der Waals surface area contributed by atoms with E-state index >= 15 is 0 Å². The van der Waals surface area contributed by atoms with Gasteiger partial charge in [-0.3, -0.25) is 9.36 Å². The van der Waals surface area contributed by atoms with Crippen molar-refractivity contribution in [3.63, 3.8) is 0 Å². The van der Waals surface area contributed by atoms with Gasteiger partial charge in [0.05, 0.1) is 22.7 Å². The Morgan fingerprint density at radius 1 is 1.27 bits per heavy atom. The molecule has 5 rings (SSSR count). The zero-order valence-electron chi connectivity index (χ0n) is 20.5. The highest BCUT2D eigenvalue weighted by Crippen LogP contribution is 2.34. The van der Waals surface area contributed by atoms with Crippen LogP contribution in [-0.4, -0.2) is 56.3 Å². The van der Waals surface area contributed by atoms with Gasteiger partial charge in [-0.1, -0.05) is 23.7 Å². The second-order valence-electron chi connectivity index (χ2n) is 9.10. The molecule has 8 nitrogen and oxygen atoms in total. The molecule has 3 heterocycles. The fourth-order valence-corrected chi connectivity index (χ4v) is 5.09. The number of carbonyl (C=O) groups is 1. The number of piperidine rings is 1. The molecule has 1 atom stereocenters. The van der Waals surface area contributed by atoms with Crippen LogP contribution in [0.5, 0.6) is 0 Å². The zero-order valence-corrected chi connectivity index (χ0v) is 21.3. The molecule has 190 valence electrons. The molecule has 0 spiro atoms. The maximum absolute atomic E-state index is 14.8. The van der Waals surface area contributed by atoms with Crippen molar-refractivity contribution in [2.45, 2.75) is 25.8 Å². The fraction of sp³-hybridized carbons (Fsp3) is 0.308. The predicted octanol–water partition coefficient (Wildman–Crippen LogP) is 5.04. The SMILES string of the molecule is [C-]#[N+]c1ccc(-c2nc(C(=O)N3CCC[C@@H](NC)C3)c(C)n2-c2cc(Cl)c3nn(C)c(F)c3c2)cc1F. The summed E-state index contributed by atoms with van der Waals surface area (Å²) in [7, 11) is 3.35. The van der Waals surface area contributed by atoms with Crippen LogP contribution in [0.2, 0.25) is 5.02 Å². The minimum atomic E-state index is -0.702. The number of nitrogens with zero attached hydrogens (tertiary/aromatic N) is 6. The second-order valence-corrected chi connectivity index (χ2v) is 9.51. The third-order valence-electron chi connectivity index (χ3n) is 6.82. The minimum absolute atomic E-state index is 0.122. The number of hydrogen-bond donors (Lipinski definition) is 1. The lowest BCUT2D eigenvalue weighted by molar-refractivity contribution is 0.0692. The first-order chi connectivity index (χ1) is 17.7. The molecule has 1 saturated heterocycles. The molecule has 1 aliphatic rings. The summed E-state index contributed by atoms with van der Waals surface area (Å²) in [5.74, 6) is -1.23. The zero-order chi connectivity index (χ0) is 26.4. The van der Waals surface area contributed by atoms with Gasteiger partial charge in [0.25, 0.3) is 5.91 Å². The standard InChI is InChI=1S/C26H24ClF2N7O/c1-14-22(26(37)35-9-5-6-16(13-35)30-2)32-25(15-7-8-21(31-3)20(28)10-15)36(14)17-11-18-23(19(27)12-17)33-34(4)24(18)29/h7-8,10-12,16,30H,5-6,9,13H2,1-2,4H3/t16-/m1/s1. The molecule has 0 unspecified atom stereocenters. The molecule has 1 amide bonds. The Morgan fingerprint density at radius 2 is 2.05 bits per heavy atom. The Hall–Kier alpha value is -3.81. The molecule has 11 heteroatoms. The number of aryl methyl sites for hydroxylation is 1. The van der Waals surface area contributed by atoms with Gasteiger partial charge in [0.1, 0.15) is 22.9 Å². The number of rotatable bonds is 4. The third-order valence-corrected chi connectivity index (χ3v) is 7.10. The number of hydrogen-bond acceptors (Lipinski definition) is 4. The number of halogens is 3. The lowest BCUT2D eigenvalue weighted by Gasteiger charge is -2.32. The van der Waals surface area contributed by atoms with Gasteiger partial charge in [-0.25, -0.2) is 18.9 Å². The van der Waals surface area contributed by atoms with Gasteiger partial charge in [0.2, 0.25) is 11.6 Å². The van der Waals surface area contributed by atoms with Crippen LogP contribution in [0.4, 0.5) is 14.5 Å². The summed E-state index contributed by atoms with van der Waals surface area (Å²) >= 11 is 6.48. The Balaban J connectivity index is 1.71. The number of likely N-dealkylation sites (tertiary alicyclic amines) is 1. The summed E-state index contributed by atoms with van der Waals surface area (Å²) in [5.41, 5.74) is 1.71. The molecule has 2 aromatic heterocycles. The molecule has 1 fully saturated rings. The van der Waals surface area contributed by atoms with E-state index < -0.39 is 11.8 Å². The van der Waals surface area contributed by atoms with Crippen LogP contribution >= 0.6 is 11.6 Å². The predicted molar refractivity (Wildman–Crippen MR) is 137 cm³/mol. The van der Waals surface area contributed by atoms with Gasteiger partial charge in [-0.2, -0.15) is 9.49 Å². The molecule has 1 aliphatic heterocycles. The van der Waals surface area contributed by atoms with Gasteiger partial charge in [-0.05, 0) is 45.0 Å². The summed E-state index contributed by atoms with van der Waals surface area (Å²) in [6.45, 7) is 10.0. The van der Waals surface area contributed by atoms with Gasteiger partial charge in [0.15, 0.2) is 0 Å². The summed E-state index contributed by atoms with van der Waals surface area (Å²) in [6.07, 6.45) is 1.83. The van der Waals surface area contributed by atoms with Crippen LogP contribution in [0.3, 0.4) is 0 Å². The van der Waals surface area contributed by atoms with Crippen molar-refractivity contribution in [1.82, 2.24) is 29.5 Å². The first-order valence-corrected chi connectivity index (χ1v) is 12.2. The summed E-state index contributed by atoms with van der Waals surface area (Å²) in [6, 6.07) is 7.54. The van der Waals surface area contributed by atoms with Crippen LogP contribution in [-0.2, 0) is 7.05 Å². The van der Waals surface area contributed by atoms with Crippen LogP contribution in [0.15, 0.2) is 30.3 Å². The van der Waals surface area contributed by atoms with Crippen molar-refractivity contribution in [3.8, 4) is 17.1 Å². The highest BCUT2D eigenvalue weighted by molar-refractivity contribution is 6.35. The highest BCUT2D eigenvalue weighted by atomic mass is 35.5. The quantitative estimate of drug-likeness (QED) is 0.380. The van der Waals surface area contributed by atoms with Crippen molar-refractivity contribution in [2.75, 3.05) is 20.1 Å². The molecule has 0 saturated carbocycles. The summed E-state index contributed by atoms with van der Waals surface area (Å²) in [4.78, 5) is 23.2. The first-order valence-electron chi connectivity index (χ1n) is 11.8. The van der Waals surface area contributed by atoms with Crippen LogP contribution in [0, 0.1) is 25.3 Å². The molecule has 0 aliphatic carbocycles. The Morgan fingerprint density at radius 3 is 2.76 bits per heavy atom. The smallest absolute Gasteiger partial charge is 0.274 e. The van der Waals surface area contributed by atoms with Crippen molar-refractivity contribution in [3.05, 3.63) is 69.9 Å². The normalized spacial score (nSPS) is 15.8. The van der Waals surface area contributed by atoms with E-state index in [1.807, 2.05) is 7.05 Å². The highest BCUT2D eigenvalue weighted by Gasteiger charge is 2.29. The van der Waals surface area contributed by atoms with Gasteiger partial charge in [-0.15, -0.1) is 0 Å². The van der Waals surface area contributed by atoms with Crippen LogP contribution < -0.4 is 5.32 Å². The molecule has 2 aromatic carbocycles. The first kappa shape index (κ1) is 24.9. The van der Waals surface area contributed by atoms with Crippen LogP contribution in [0.1, 0.15) is 29.0 Å². The minimum Gasteiger partial charge on any atom is -0.336 e. The molecule has 37 heavy (non-hydrogen) atoms. The number of amides is 1. The number of benzene rings is 2. The topological polar surface area (TPSA) is 72.3 Å². The van der Waals surface area contributed by atoms with Crippen molar-refractivity contribution >= 4 is 34.1 Å². The maximum atomic E-state index is 14.8. The lowest BCUT2D eigenvalue weighted by atomic mass is 10.1. The lowest BCUT2D eigenvalue weighted by Crippen LogP contribution is -2.47. The molecule has 1 N–H and O–H groups in total. The summed E-state index contributed by atoms with van der Waals surface area (Å²) in [5, 5.41) is 7.79. The van der Waals surface area contributed by atoms with E-state index in [0.29, 0.717) is 35.6 Å². The number of likely N-dealkylation sites (N-methyl/N-ethyl adjacent to an activating group) is 1. The Kier molecular flexibility index (Phi) is 6.43. The van der Waals surface area contributed by atoms with E-state index in [1.165, 1.54) is 19.2 Å². The van der Waals surface area contributed by atoms with E-state index in [2.05, 4.69) is 20.2 Å². The molecule has 0 bridgehead atoms. The van der Waals surface area contributed by atoms with Gasteiger partial charge < -0.3 is 10.2 Å². The fourth-order valence-electron chi connectivity index (χ4n) is 4.84. The molecular weight excluding hydrogens is 500 g/mol. The van der Waals surface area contributed by atoms with E-state index in [9.17, 15) is 13.6 Å². The number of imidazole rings is 1. The number of carbonyl (C=O) groups excluding carboxylic acids is 1. The number of nitrogens with one attached hydrogen (secondary N) is 1. The Bertz CT molecular complexity index is 1590. The average Bonchev–Trinajstić information content (AvgIpc) is 3.39. The van der Waals surface area contributed by atoms with E-state index in [4.69, 9.17) is 18.2 Å². The van der Waals surface area contributed by atoms with Crippen molar-refractivity contribution in [2.24, 2.45) is 7.05 Å². The largest absolute Gasteiger partial charge is 0.336 e. The van der Waals surface area contributed by atoms with Crippen molar-refractivity contribution < 1.29 is 13.6 Å². The maximum Gasteiger partial charge on any atom is 0.274 e.